The molecule has 2 rings (SSSR count). The molecule has 116 valence electrons. The van der Waals surface area contributed by atoms with Crippen LogP contribution in [0.3, 0.4) is 0 Å². The van der Waals surface area contributed by atoms with Crippen molar-refractivity contribution in [2.24, 2.45) is 0 Å². The first-order valence-corrected chi connectivity index (χ1v) is 7.40. The summed E-state index contributed by atoms with van der Waals surface area (Å²) < 4.78 is 0. The highest BCUT2D eigenvalue weighted by molar-refractivity contribution is 5.94. The second-order valence-corrected chi connectivity index (χ2v) is 5.28. The molecular formula is C18H21NO3. The van der Waals surface area contributed by atoms with Crippen LogP contribution in [0.15, 0.2) is 54.6 Å². The molecule has 0 radical (unpaired) electrons. The number of aliphatic hydroxyl groups is 1. The zero-order valence-electron chi connectivity index (χ0n) is 12.6. The summed E-state index contributed by atoms with van der Waals surface area (Å²) in [6.45, 7) is 2.57. The number of hydrogen-bond acceptors (Lipinski definition) is 3. The Kier molecular flexibility index (Phi) is 5.55. The zero-order chi connectivity index (χ0) is 15.9. The Hall–Kier alpha value is -2.33. The van der Waals surface area contributed by atoms with Gasteiger partial charge in [0.25, 0.3) is 5.91 Å². The summed E-state index contributed by atoms with van der Waals surface area (Å²) in [5.74, 6) is -0.145. The van der Waals surface area contributed by atoms with Crippen LogP contribution in [0, 0.1) is 0 Å². The smallest absolute Gasteiger partial charge is 0.254 e. The number of amides is 1. The maximum atomic E-state index is 12.7. The average molecular weight is 299 g/mol. The van der Waals surface area contributed by atoms with Gasteiger partial charge in [0, 0.05) is 18.7 Å². The Morgan fingerprint density at radius 1 is 1.14 bits per heavy atom. The molecule has 0 spiro atoms. The summed E-state index contributed by atoms with van der Waals surface area (Å²) in [5.41, 5.74) is 1.42. The van der Waals surface area contributed by atoms with Crippen LogP contribution in [0.1, 0.15) is 29.3 Å². The minimum Gasteiger partial charge on any atom is -0.508 e. The molecule has 0 heterocycles. The molecule has 2 aromatic rings. The van der Waals surface area contributed by atoms with E-state index in [0.29, 0.717) is 18.5 Å². The average Bonchev–Trinajstić information content (AvgIpc) is 2.54. The molecule has 0 saturated carbocycles. The molecule has 2 N–H and O–H groups in total. The van der Waals surface area contributed by atoms with Gasteiger partial charge in [0.15, 0.2) is 0 Å². The third-order valence-electron chi connectivity index (χ3n) is 3.50. The molecule has 1 atom stereocenters. The van der Waals surface area contributed by atoms with Gasteiger partial charge < -0.3 is 15.1 Å². The molecule has 0 bridgehead atoms. The third kappa shape index (κ3) is 4.33. The molecule has 0 aliphatic carbocycles. The molecule has 0 fully saturated rings. The lowest BCUT2D eigenvalue weighted by Crippen LogP contribution is -2.36. The largest absolute Gasteiger partial charge is 0.508 e. The van der Waals surface area contributed by atoms with Crippen LogP contribution < -0.4 is 0 Å². The minimum absolute atomic E-state index is 0.0570. The number of carbonyl (C=O) groups is 1. The SMILES string of the molecule is CCC(O)CN(Cc1ccccc1)C(=O)c1cccc(O)c1. The standard InChI is InChI=1S/C18H21NO3/c1-2-16(20)13-19(12-14-7-4-3-5-8-14)18(22)15-9-6-10-17(21)11-15/h3-11,16,20-21H,2,12-13H2,1H3. The Morgan fingerprint density at radius 2 is 1.86 bits per heavy atom. The second kappa shape index (κ2) is 7.61. The summed E-state index contributed by atoms with van der Waals surface area (Å²) in [6, 6.07) is 15.9. The van der Waals surface area contributed by atoms with Crippen molar-refractivity contribution in [3.8, 4) is 5.75 Å². The lowest BCUT2D eigenvalue weighted by atomic mass is 10.1. The van der Waals surface area contributed by atoms with Gasteiger partial charge >= 0.3 is 0 Å². The highest BCUT2D eigenvalue weighted by Crippen LogP contribution is 2.15. The fourth-order valence-corrected chi connectivity index (χ4v) is 2.23. The molecule has 0 saturated heterocycles. The van der Waals surface area contributed by atoms with Crippen molar-refractivity contribution in [1.29, 1.82) is 0 Å². The fraction of sp³-hybridized carbons (Fsp3) is 0.278. The maximum Gasteiger partial charge on any atom is 0.254 e. The molecule has 1 amide bonds. The van der Waals surface area contributed by atoms with E-state index in [4.69, 9.17) is 0 Å². The summed E-state index contributed by atoms with van der Waals surface area (Å²) >= 11 is 0. The number of nitrogens with zero attached hydrogens (tertiary/aromatic N) is 1. The first kappa shape index (κ1) is 16.0. The topological polar surface area (TPSA) is 60.8 Å². The maximum absolute atomic E-state index is 12.7. The number of carbonyl (C=O) groups excluding carboxylic acids is 1. The van der Waals surface area contributed by atoms with Gasteiger partial charge in [-0.1, -0.05) is 43.3 Å². The number of phenolic OH excluding ortho intramolecular Hbond substituents is 1. The Labute approximate surface area is 130 Å². The lowest BCUT2D eigenvalue weighted by Gasteiger charge is -2.25. The van der Waals surface area contributed by atoms with Gasteiger partial charge in [-0.3, -0.25) is 4.79 Å². The highest BCUT2D eigenvalue weighted by atomic mass is 16.3. The van der Waals surface area contributed by atoms with Gasteiger partial charge in [-0.25, -0.2) is 0 Å². The minimum atomic E-state index is -0.565. The Morgan fingerprint density at radius 3 is 2.50 bits per heavy atom. The fourth-order valence-electron chi connectivity index (χ4n) is 2.23. The van der Waals surface area contributed by atoms with Crippen LogP contribution in [0.4, 0.5) is 0 Å². The number of aliphatic hydroxyl groups excluding tert-OH is 1. The molecule has 2 aromatic carbocycles. The predicted octanol–water partition coefficient (Wildman–Crippen LogP) is 2.81. The second-order valence-electron chi connectivity index (χ2n) is 5.28. The third-order valence-corrected chi connectivity index (χ3v) is 3.50. The van der Waals surface area contributed by atoms with Gasteiger partial charge in [0.05, 0.1) is 6.10 Å². The van der Waals surface area contributed by atoms with Crippen molar-refractivity contribution >= 4 is 5.91 Å². The number of rotatable bonds is 6. The number of hydrogen-bond donors (Lipinski definition) is 2. The van der Waals surface area contributed by atoms with E-state index < -0.39 is 6.10 Å². The monoisotopic (exact) mass is 299 g/mol. The molecule has 0 aromatic heterocycles. The Balaban J connectivity index is 2.21. The zero-order valence-corrected chi connectivity index (χ0v) is 12.6. The van der Waals surface area contributed by atoms with Crippen molar-refractivity contribution in [3.63, 3.8) is 0 Å². The summed E-state index contributed by atoms with van der Waals surface area (Å²) in [4.78, 5) is 14.3. The number of phenols is 1. The number of aromatic hydroxyl groups is 1. The van der Waals surface area contributed by atoms with Crippen LogP contribution in [0.2, 0.25) is 0 Å². The molecule has 22 heavy (non-hydrogen) atoms. The predicted molar refractivity (Wildman–Crippen MR) is 85.6 cm³/mol. The van der Waals surface area contributed by atoms with Crippen LogP contribution in [-0.2, 0) is 6.54 Å². The van der Waals surface area contributed by atoms with Gasteiger partial charge in [-0.05, 0) is 30.2 Å². The molecular weight excluding hydrogens is 278 g/mol. The van der Waals surface area contributed by atoms with E-state index in [1.165, 1.54) is 12.1 Å². The van der Waals surface area contributed by atoms with E-state index in [0.717, 1.165) is 5.56 Å². The molecule has 0 aliphatic rings. The van der Waals surface area contributed by atoms with Gasteiger partial charge in [-0.2, -0.15) is 0 Å². The number of benzene rings is 2. The van der Waals surface area contributed by atoms with Crippen molar-refractivity contribution in [3.05, 3.63) is 65.7 Å². The van der Waals surface area contributed by atoms with E-state index in [9.17, 15) is 15.0 Å². The summed E-state index contributed by atoms with van der Waals surface area (Å²) in [7, 11) is 0. The first-order chi connectivity index (χ1) is 10.6. The van der Waals surface area contributed by atoms with Gasteiger partial charge in [0.1, 0.15) is 5.75 Å². The van der Waals surface area contributed by atoms with Crippen molar-refractivity contribution in [2.75, 3.05) is 6.54 Å². The summed E-state index contributed by atoms with van der Waals surface area (Å²) in [6.07, 6.45) is 0.0171. The first-order valence-electron chi connectivity index (χ1n) is 7.40. The quantitative estimate of drug-likeness (QED) is 0.862. The molecule has 1 unspecified atom stereocenters. The Bertz CT molecular complexity index is 613. The van der Waals surface area contributed by atoms with Crippen LogP contribution in [0.25, 0.3) is 0 Å². The van der Waals surface area contributed by atoms with Gasteiger partial charge in [0.2, 0.25) is 0 Å². The van der Waals surface area contributed by atoms with Crippen LogP contribution >= 0.6 is 0 Å². The van der Waals surface area contributed by atoms with E-state index in [-0.39, 0.29) is 18.2 Å². The van der Waals surface area contributed by atoms with E-state index in [1.54, 1.807) is 17.0 Å². The van der Waals surface area contributed by atoms with Crippen LogP contribution in [0.5, 0.6) is 5.75 Å². The molecule has 4 nitrogen and oxygen atoms in total. The summed E-state index contributed by atoms with van der Waals surface area (Å²) in [5, 5.41) is 19.5. The lowest BCUT2D eigenvalue weighted by molar-refractivity contribution is 0.0598. The van der Waals surface area contributed by atoms with E-state index in [1.807, 2.05) is 37.3 Å². The highest BCUT2D eigenvalue weighted by Gasteiger charge is 2.19. The van der Waals surface area contributed by atoms with Crippen molar-refractivity contribution in [1.82, 2.24) is 4.90 Å². The normalized spacial score (nSPS) is 11.9. The van der Waals surface area contributed by atoms with Crippen molar-refractivity contribution < 1.29 is 15.0 Å². The van der Waals surface area contributed by atoms with E-state index >= 15 is 0 Å². The van der Waals surface area contributed by atoms with Gasteiger partial charge in [-0.15, -0.1) is 0 Å². The van der Waals surface area contributed by atoms with Crippen molar-refractivity contribution in [2.45, 2.75) is 26.0 Å². The van der Waals surface area contributed by atoms with Crippen LogP contribution in [-0.4, -0.2) is 33.7 Å². The van der Waals surface area contributed by atoms with E-state index in [2.05, 4.69) is 0 Å². The molecule has 4 heteroatoms. The molecule has 0 aliphatic heterocycles.